The molecule has 1 aliphatic rings. The highest BCUT2D eigenvalue weighted by Gasteiger charge is 2.34. The standard InChI is InChI=1S/C19H25N3OS.HI/c1-20-18(21-14-17-8-5-13-24-17)22-15-19(9-11-23-12-10-19)16-6-3-2-4-7-16;/h2-8,13H,9-12,14-15H2,1H3,(H2,20,21,22);1H. The molecule has 0 atom stereocenters. The number of halogens is 1. The Balaban J connectivity index is 0.00000225. The smallest absolute Gasteiger partial charge is 0.191 e. The molecule has 0 saturated carbocycles. The fraction of sp³-hybridized carbons (Fsp3) is 0.421. The van der Waals surface area contributed by atoms with Crippen molar-refractivity contribution >= 4 is 41.3 Å². The van der Waals surface area contributed by atoms with E-state index in [0.717, 1.165) is 45.1 Å². The summed E-state index contributed by atoms with van der Waals surface area (Å²) in [5, 5.41) is 9.02. The van der Waals surface area contributed by atoms with Crippen LogP contribution in [0.1, 0.15) is 23.3 Å². The number of nitrogens with one attached hydrogen (secondary N) is 2. The van der Waals surface area contributed by atoms with Crippen LogP contribution in [0.3, 0.4) is 0 Å². The minimum atomic E-state index is 0. The van der Waals surface area contributed by atoms with Crippen molar-refractivity contribution in [3.8, 4) is 0 Å². The molecular formula is C19H26IN3OS. The molecule has 1 saturated heterocycles. The lowest BCUT2D eigenvalue weighted by Gasteiger charge is -2.38. The number of thiophene rings is 1. The lowest BCUT2D eigenvalue weighted by atomic mass is 9.74. The van der Waals surface area contributed by atoms with E-state index in [1.54, 1.807) is 11.3 Å². The average Bonchev–Trinajstić information content (AvgIpc) is 3.17. The van der Waals surface area contributed by atoms with E-state index in [2.05, 4.69) is 63.5 Å². The monoisotopic (exact) mass is 471 g/mol. The van der Waals surface area contributed by atoms with Crippen LogP contribution in [0.5, 0.6) is 0 Å². The number of nitrogens with zero attached hydrogens (tertiary/aromatic N) is 1. The molecule has 3 rings (SSSR count). The van der Waals surface area contributed by atoms with Gasteiger partial charge in [-0.25, -0.2) is 0 Å². The molecule has 136 valence electrons. The van der Waals surface area contributed by atoms with Crippen LogP contribution in [0.2, 0.25) is 0 Å². The van der Waals surface area contributed by atoms with Crippen LogP contribution in [0, 0.1) is 0 Å². The summed E-state index contributed by atoms with van der Waals surface area (Å²) in [6.45, 7) is 3.30. The number of aliphatic imine (C=N–C) groups is 1. The largest absolute Gasteiger partial charge is 0.381 e. The van der Waals surface area contributed by atoms with Gasteiger partial charge in [-0.2, -0.15) is 0 Å². The minimum absolute atomic E-state index is 0. The fourth-order valence-electron chi connectivity index (χ4n) is 3.18. The Morgan fingerprint density at radius 2 is 1.88 bits per heavy atom. The molecule has 0 bridgehead atoms. The van der Waals surface area contributed by atoms with E-state index in [-0.39, 0.29) is 29.4 Å². The Hall–Kier alpha value is -1.12. The van der Waals surface area contributed by atoms with Gasteiger partial charge in [0.25, 0.3) is 0 Å². The topological polar surface area (TPSA) is 45.7 Å². The van der Waals surface area contributed by atoms with Gasteiger partial charge in [0.05, 0.1) is 6.54 Å². The maximum Gasteiger partial charge on any atom is 0.191 e. The van der Waals surface area contributed by atoms with Crippen molar-refractivity contribution in [2.24, 2.45) is 4.99 Å². The van der Waals surface area contributed by atoms with E-state index < -0.39 is 0 Å². The van der Waals surface area contributed by atoms with E-state index in [0.29, 0.717) is 0 Å². The molecule has 0 unspecified atom stereocenters. The third-order valence-corrected chi connectivity index (χ3v) is 5.54. The van der Waals surface area contributed by atoms with Crippen LogP contribution in [-0.4, -0.2) is 32.8 Å². The van der Waals surface area contributed by atoms with Crippen molar-refractivity contribution < 1.29 is 4.74 Å². The second kappa shape index (κ2) is 10.1. The second-order valence-corrected chi connectivity index (χ2v) is 7.15. The van der Waals surface area contributed by atoms with Gasteiger partial charge in [0.2, 0.25) is 0 Å². The predicted molar refractivity (Wildman–Crippen MR) is 116 cm³/mol. The summed E-state index contributed by atoms with van der Waals surface area (Å²) in [4.78, 5) is 5.67. The molecule has 1 aromatic heterocycles. The van der Waals surface area contributed by atoms with Gasteiger partial charge in [-0.05, 0) is 29.9 Å². The number of ether oxygens (including phenoxy) is 1. The Labute approximate surface area is 171 Å². The van der Waals surface area contributed by atoms with Gasteiger partial charge in [0.1, 0.15) is 0 Å². The predicted octanol–water partition coefficient (Wildman–Crippen LogP) is 3.78. The molecule has 1 aromatic carbocycles. The zero-order valence-corrected chi connectivity index (χ0v) is 17.7. The van der Waals surface area contributed by atoms with Gasteiger partial charge < -0.3 is 15.4 Å². The molecule has 2 heterocycles. The van der Waals surface area contributed by atoms with Crippen molar-refractivity contribution in [1.82, 2.24) is 10.6 Å². The van der Waals surface area contributed by atoms with Gasteiger partial charge >= 0.3 is 0 Å². The summed E-state index contributed by atoms with van der Waals surface area (Å²) in [5.41, 5.74) is 1.49. The molecule has 0 radical (unpaired) electrons. The maximum absolute atomic E-state index is 5.60. The lowest BCUT2D eigenvalue weighted by Crippen LogP contribution is -2.47. The van der Waals surface area contributed by atoms with Crippen LogP contribution in [0.4, 0.5) is 0 Å². The summed E-state index contributed by atoms with van der Waals surface area (Å²) >= 11 is 1.76. The van der Waals surface area contributed by atoms with Gasteiger partial charge in [0, 0.05) is 37.1 Å². The number of hydrogen-bond donors (Lipinski definition) is 2. The average molecular weight is 471 g/mol. The van der Waals surface area contributed by atoms with Crippen LogP contribution in [0.25, 0.3) is 0 Å². The van der Waals surface area contributed by atoms with E-state index in [1.165, 1.54) is 10.4 Å². The Morgan fingerprint density at radius 3 is 2.52 bits per heavy atom. The van der Waals surface area contributed by atoms with E-state index in [9.17, 15) is 0 Å². The molecule has 4 nitrogen and oxygen atoms in total. The highest BCUT2D eigenvalue weighted by molar-refractivity contribution is 14.0. The summed E-state index contributed by atoms with van der Waals surface area (Å²) in [5.74, 6) is 0.852. The molecule has 2 N–H and O–H groups in total. The number of benzene rings is 1. The fourth-order valence-corrected chi connectivity index (χ4v) is 3.82. The van der Waals surface area contributed by atoms with Gasteiger partial charge in [-0.1, -0.05) is 36.4 Å². The van der Waals surface area contributed by atoms with Crippen LogP contribution >= 0.6 is 35.3 Å². The number of hydrogen-bond acceptors (Lipinski definition) is 3. The quantitative estimate of drug-likeness (QED) is 0.397. The van der Waals surface area contributed by atoms with Crippen LogP contribution in [0.15, 0.2) is 52.8 Å². The van der Waals surface area contributed by atoms with Crippen LogP contribution in [-0.2, 0) is 16.7 Å². The van der Waals surface area contributed by atoms with Crippen molar-refractivity contribution in [3.05, 3.63) is 58.3 Å². The number of guanidine groups is 1. The minimum Gasteiger partial charge on any atom is -0.381 e. The van der Waals surface area contributed by atoms with Gasteiger partial charge in [-0.3, -0.25) is 4.99 Å². The molecule has 2 aromatic rings. The zero-order valence-electron chi connectivity index (χ0n) is 14.5. The normalized spacial score (nSPS) is 16.8. The molecule has 0 aliphatic carbocycles. The first-order valence-corrected chi connectivity index (χ1v) is 9.30. The van der Waals surface area contributed by atoms with Crippen molar-refractivity contribution in [2.45, 2.75) is 24.8 Å². The molecule has 6 heteroatoms. The number of rotatable bonds is 5. The molecule has 1 fully saturated rings. The van der Waals surface area contributed by atoms with E-state index in [1.807, 2.05) is 7.05 Å². The van der Waals surface area contributed by atoms with Crippen molar-refractivity contribution in [2.75, 3.05) is 26.8 Å². The highest BCUT2D eigenvalue weighted by Crippen LogP contribution is 2.34. The molecule has 25 heavy (non-hydrogen) atoms. The summed E-state index contributed by atoms with van der Waals surface area (Å²) in [6, 6.07) is 15.0. The van der Waals surface area contributed by atoms with Crippen molar-refractivity contribution in [3.63, 3.8) is 0 Å². The second-order valence-electron chi connectivity index (χ2n) is 6.12. The molecule has 1 aliphatic heterocycles. The third-order valence-electron chi connectivity index (χ3n) is 4.66. The SMILES string of the molecule is CN=C(NCc1cccs1)NCC1(c2ccccc2)CCOCC1.I. The van der Waals surface area contributed by atoms with Gasteiger partial charge in [0.15, 0.2) is 5.96 Å². The third kappa shape index (κ3) is 5.43. The maximum atomic E-state index is 5.60. The summed E-state index contributed by atoms with van der Waals surface area (Å²) < 4.78 is 5.60. The molecule has 0 amide bonds. The molecular weight excluding hydrogens is 445 g/mol. The Bertz CT molecular complexity index is 640. The molecule has 0 spiro atoms. The lowest BCUT2D eigenvalue weighted by molar-refractivity contribution is 0.0514. The Morgan fingerprint density at radius 1 is 1.12 bits per heavy atom. The summed E-state index contributed by atoms with van der Waals surface area (Å²) in [6.07, 6.45) is 2.07. The highest BCUT2D eigenvalue weighted by atomic mass is 127. The van der Waals surface area contributed by atoms with Crippen molar-refractivity contribution in [1.29, 1.82) is 0 Å². The zero-order chi connectivity index (χ0) is 16.7. The first-order chi connectivity index (χ1) is 11.8. The first kappa shape index (κ1) is 20.2. The van der Waals surface area contributed by atoms with Crippen LogP contribution < -0.4 is 10.6 Å². The first-order valence-electron chi connectivity index (χ1n) is 8.43. The Kier molecular flexibility index (Phi) is 8.18. The van der Waals surface area contributed by atoms with E-state index in [4.69, 9.17) is 4.74 Å². The van der Waals surface area contributed by atoms with E-state index >= 15 is 0 Å². The summed E-state index contributed by atoms with van der Waals surface area (Å²) in [7, 11) is 1.82. The van der Waals surface area contributed by atoms with Gasteiger partial charge in [-0.15, -0.1) is 35.3 Å².